The minimum Gasteiger partial charge on any atom is -0.497 e. The molecule has 1 aromatic rings. The molecule has 0 N–H and O–H groups in total. The van der Waals surface area contributed by atoms with Gasteiger partial charge in [-0.3, -0.25) is 0 Å². The third-order valence-corrected chi connectivity index (χ3v) is 5.41. The lowest BCUT2D eigenvalue weighted by atomic mass is 9.93. The average Bonchev–Trinajstić information content (AvgIpc) is 2.76. The van der Waals surface area contributed by atoms with Gasteiger partial charge in [0, 0.05) is 11.1 Å². The van der Waals surface area contributed by atoms with Gasteiger partial charge in [0.25, 0.3) is 0 Å². The van der Waals surface area contributed by atoms with E-state index in [0.29, 0.717) is 0 Å². The molecule has 4 heteroatoms. The topological polar surface area (TPSA) is 18.5 Å². The second-order valence-corrected chi connectivity index (χ2v) is 6.28. The molecule has 2 nitrogen and oxygen atoms in total. The fourth-order valence-corrected chi connectivity index (χ4v) is 3.82. The molecule has 17 heavy (non-hydrogen) atoms. The molecule has 2 atom stereocenters. The number of methoxy groups -OCH3 is 1. The Hall–Kier alpha value is -0.0600. The van der Waals surface area contributed by atoms with E-state index in [1.807, 2.05) is 12.1 Å². The number of halogens is 2. The Morgan fingerprint density at radius 2 is 2.24 bits per heavy atom. The van der Waals surface area contributed by atoms with Gasteiger partial charge in [0.05, 0.1) is 17.5 Å². The maximum absolute atomic E-state index is 5.87. The van der Waals surface area contributed by atoms with Crippen LogP contribution in [0.5, 0.6) is 5.75 Å². The molecule has 1 aliphatic rings. The third-order valence-electron chi connectivity index (χ3n) is 3.27. The van der Waals surface area contributed by atoms with E-state index in [-0.39, 0.29) is 10.4 Å². The molecule has 2 unspecified atom stereocenters. The van der Waals surface area contributed by atoms with Crippen LogP contribution in [0.2, 0.25) is 0 Å². The van der Waals surface area contributed by atoms with Gasteiger partial charge in [-0.25, -0.2) is 0 Å². The lowest BCUT2D eigenvalue weighted by Gasteiger charge is -2.30. The molecule has 1 aliphatic heterocycles. The zero-order valence-electron chi connectivity index (χ0n) is 10.0. The van der Waals surface area contributed by atoms with E-state index < -0.39 is 0 Å². The van der Waals surface area contributed by atoms with Gasteiger partial charge < -0.3 is 9.47 Å². The molecule has 0 aliphatic carbocycles. The van der Waals surface area contributed by atoms with Gasteiger partial charge in [-0.2, -0.15) is 0 Å². The van der Waals surface area contributed by atoms with Gasteiger partial charge in [0.15, 0.2) is 0 Å². The first kappa shape index (κ1) is 13.4. The van der Waals surface area contributed by atoms with Gasteiger partial charge in [-0.15, -0.1) is 0 Å². The van der Waals surface area contributed by atoms with E-state index in [2.05, 4.69) is 44.8 Å². The first-order valence-electron chi connectivity index (χ1n) is 5.68. The molecular formula is C13H16Br2O2. The van der Waals surface area contributed by atoms with Crippen molar-refractivity contribution in [1.29, 1.82) is 0 Å². The second-order valence-electron chi connectivity index (χ2n) is 4.51. The predicted octanol–water partition coefficient (Wildman–Crippen LogP) is 4.46. The average molecular weight is 364 g/mol. The number of ether oxygens (including phenoxy) is 2. The molecular weight excluding hydrogens is 348 g/mol. The van der Waals surface area contributed by atoms with Crippen LogP contribution in [-0.4, -0.2) is 19.3 Å². The Morgan fingerprint density at radius 3 is 2.76 bits per heavy atom. The molecule has 1 aromatic carbocycles. The largest absolute Gasteiger partial charge is 0.497 e. The molecule has 2 rings (SSSR count). The summed E-state index contributed by atoms with van der Waals surface area (Å²) >= 11 is 7.36. The number of hydrogen-bond acceptors (Lipinski definition) is 2. The zero-order chi connectivity index (χ0) is 12.5. The van der Waals surface area contributed by atoms with Crippen LogP contribution in [-0.2, 0) is 4.74 Å². The summed E-state index contributed by atoms with van der Waals surface area (Å²) in [5.74, 6) is 0.859. The molecule has 94 valence electrons. The van der Waals surface area contributed by atoms with Crippen molar-refractivity contribution < 1.29 is 9.47 Å². The summed E-state index contributed by atoms with van der Waals surface area (Å²) in [7, 11) is 1.68. The monoisotopic (exact) mass is 362 g/mol. The maximum atomic E-state index is 5.87. The van der Waals surface area contributed by atoms with E-state index in [1.54, 1.807) is 7.11 Å². The highest BCUT2D eigenvalue weighted by atomic mass is 79.9. The summed E-state index contributed by atoms with van der Waals surface area (Å²) in [5.41, 5.74) is 1.09. The fourth-order valence-electron chi connectivity index (χ4n) is 2.17. The van der Waals surface area contributed by atoms with E-state index in [0.717, 1.165) is 29.7 Å². The molecule has 0 radical (unpaired) electrons. The number of benzene rings is 1. The molecule has 0 saturated carbocycles. The summed E-state index contributed by atoms with van der Waals surface area (Å²) in [6.07, 6.45) is 2.22. The van der Waals surface area contributed by atoms with Crippen molar-refractivity contribution >= 4 is 31.9 Å². The van der Waals surface area contributed by atoms with Gasteiger partial charge in [0.1, 0.15) is 5.75 Å². The summed E-state index contributed by atoms with van der Waals surface area (Å²) in [4.78, 5) is 0.192. The smallest absolute Gasteiger partial charge is 0.120 e. The maximum Gasteiger partial charge on any atom is 0.120 e. The van der Waals surface area contributed by atoms with Gasteiger partial charge in [-0.1, -0.05) is 37.9 Å². The minimum atomic E-state index is -0.114. The molecule has 1 heterocycles. The van der Waals surface area contributed by atoms with Gasteiger partial charge >= 0.3 is 0 Å². The predicted molar refractivity (Wildman–Crippen MR) is 76.0 cm³/mol. The van der Waals surface area contributed by atoms with E-state index >= 15 is 0 Å². The first-order chi connectivity index (χ1) is 8.07. The van der Waals surface area contributed by atoms with Crippen molar-refractivity contribution in [2.45, 2.75) is 30.2 Å². The van der Waals surface area contributed by atoms with Crippen molar-refractivity contribution in [2.24, 2.45) is 0 Å². The molecule has 1 saturated heterocycles. The number of hydrogen-bond donors (Lipinski definition) is 0. The highest BCUT2D eigenvalue weighted by Gasteiger charge is 2.38. The van der Waals surface area contributed by atoms with Crippen molar-refractivity contribution in [3.63, 3.8) is 0 Å². The van der Waals surface area contributed by atoms with Crippen LogP contribution in [0.25, 0.3) is 0 Å². The van der Waals surface area contributed by atoms with Crippen LogP contribution in [0, 0.1) is 0 Å². The van der Waals surface area contributed by atoms with Crippen molar-refractivity contribution in [1.82, 2.24) is 0 Å². The molecule has 0 spiro atoms. The zero-order valence-corrected chi connectivity index (χ0v) is 13.2. The summed E-state index contributed by atoms with van der Waals surface area (Å²) < 4.78 is 12.1. The Balaban J connectivity index is 2.27. The summed E-state index contributed by atoms with van der Waals surface area (Å²) in [6.45, 7) is 3.02. The lowest BCUT2D eigenvalue weighted by Crippen LogP contribution is -2.28. The highest BCUT2D eigenvalue weighted by molar-refractivity contribution is 9.11. The number of alkyl halides is 1. The Morgan fingerprint density at radius 1 is 1.47 bits per heavy atom. The SMILES string of the molecule is COc1ccc(C(Br)C2(C)CCCO2)c(Br)c1. The standard InChI is InChI=1S/C13H16Br2O2/c1-13(6-3-7-17-13)12(15)10-5-4-9(16-2)8-11(10)14/h4-5,8,12H,3,6-7H2,1-2H3. The molecule has 1 fully saturated rings. The van der Waals surface area contributed by atoms with Gasteiger partial charge in [0.2, 0.25) is 0 Å². The van der Waals surface area contributed by atoms with Crippen LogP contribution in [0.15, 0.2) is 22.7 Å². The van der Waals surface area contributed by atoms with Crippen molar-refractivity contribution in [3.05, 3.63) is 28.2 Å². The van der Waals surface area contributed by atoms with Gasteiger partial charge in [-0.05, 0) is 37.5 Å². The molecule has 0 amide bonds. The third kappa shape index (κ3) is 2.69. The van der Waals surface area contributed by atoms with E-state index in [9.17, 15) is 0 Å². The molecule has 0 aromatic heterocycles. The van der Waals surface area contributed by atoms with Crippen LogP contribution in [0.3, 0.4) is 0 Å². The Kier molecular flexibility index (Phi) is 4.16. The normalized spacial score (nSPS) is 25.9. The van der Waals surface area contributed by atoms with E-state index in [4.69, 9.17) is 9.47 Å². The first-order valence-corrected chi connectivity index (χ1v) is 7.39. The summed E-state index contributed by atoms with van der Waals surface area (Å²) in [5, 5.41) is 0. The van der Waals surface area contributed by atoms with Crippen LogP contribution >= 0.6 is 31.9 Å². The second kappa shape index (κ2) is 5.29. The quantitative estimate of drug-likeness (QED) is 0.738. The van der Waals surface area contributed by atoms with Crippen LogP contribution < -0.4 is 4.74 Å². The molecule has 0 bridgehead atoms. The Labute approximate surface area is 119 Å². The van der Waals surface area contributed by atoms with E-state index in [1.165, 1.54) is 5.56 Å². The van der Waals surface area contributed by atoms with Crippen LogP contribution in [0.4, 0.5) is 0 Å². The van der Waals surface area contributed by atoms with Crippen molar-refractivity contribution in [2.75, 3.05) is 13.7 Å². The van der Waals surface area contributed by atoms with Crippen LogP contribution in [0.1, 0.15) is 30.2 Å². The highest BCUT2D eigenvalue weighted by Crippen LogP contribution is 2.45. The lowest BCUT2D eigenvalue weighted by molar-refractivity contribution is 0.0196. The number of rotatable bonds is 3. The minimum absolute atomic E-state index is 0.114. The Bertz CT molecular complexity index is 400. The van der Waals surface area contributed by atoms with Crippen molar-refractivity contribution in [3.8, 4) is 5.75 Å². The summed E-state index contributed by atoms with van der Waals surface area (Å²) in [6, 6.07) is 6.05. The fraction of sp³-hybridized carbons (Fsp3) is 0.538.